The van der Waals surface area contributed by atoms with E-state index in [9.17, 15) is 5.21 Å². The molecule has 0 atom stereocenters. The third-order valence-electron chi connectivity index (χ3n) is 2.78. The van der Waals surface area contributed by atoms with Crippen LogP contribution in [0.3, 0.4) is 0 Å². The third kappa shape index (κ3) is 3.22. The first-order chi connectivity index (χ1) is 9.63. The fourth-order valence-corrected chi connectivity index (χ4v) is 1.84. The zero-order valence-electron chi connectivity index (χ0n) is 11.2. The Bertz CT molecular complexity index is 624. The van der Waals surface area contributed by atoms with Gasteiger partial charge >= 0.3 is 0 Å². The van der Waals surface area contributed by atoms with E-state index in [-0.39, 0.29) is 0 Å². The molecule has 4 nitrogen and oxygen atoms in total. The number of nitrogens with zero attached hydrogens (tertiary/aromatic N) is 1. The van der Waals surface area contributed by atoms with Gasteiger partial charge in [-0.1, -0.05) is 11.6 Å². The predicted molar refractivity (Wildman–Crippen MR) is 79.5 cm³/mol. The Morgan fingerprint density at radius 2 is 1.75 bits per heavy atom. The van der Waals surface area contributed by atoms with Crippen LogP contribution in [0, 0.1) is 5.21 Å². The SMILES string of the molecule is COc1ccc(C=[N+]([O-])c2ccc(Cl)cc2)c(OC)c1. The van der Waals surface area contributed by atoms with Gasteiger partial charge in [-0.2, -0.15) is 4.74 Å². The number of hydrogen-bond donors (Lipinski definition) is 0. The molecule has 2 aromatic carbocycles. The summed E-state index contributed by atoms with van der Waals surface area (Å²) < 4.78 is 11.1. The molecule has 20 heavy (non-hydrogen) atoms. The summed E-state index contributed by atoms with van der Waals surface area (Å²) in [5, 5.41) is 12.7. The van der Waals surface area contributed by atoms with Crippen molar-refractivity contribution in [3.63, 3.8) is 0 Å². The number of benzene rings is 2. The van der Waals surface area contributed by atoms with Crippen LogP contribution < -0.4 is 9.47 Å². The van der Waals surface area contributed by atoms with Crippen molar-refractivity contribution in [2.75, 3.05) is 14.2 Å². The van der Waals surface area contributed by atoms with Gasteiger partial charge in [-0.3, -0.25) is 0 Å². The van der Waals surface area contributed by atoms with E-state index in [1.165, 1.54) is 6.21 Å². The second-order valence-corrected chi connectivity index (χ2v) is 4.48. The van der Waals surface area contributed by atoms with Crippen LogP contribution in [-0.4, -0.2) is 25.2 Å². The molecule has 0 heterocycles. The molecule has 0 aromatic heterocycles. The third-order valence-corrected chi connectivity index (χ3v) is 3.03. The average Bonchev–Trinajstić information content (AvgIpc) is 2.48. The minimum atomic E-state index is 0.493. The van der Waals surface area contributed by atoms with Gasteiger partial charge in [-0.05, 0) is 24.3 Å². The summed E-state index contributed by atoms with van der Waals surface area (Å²) >= 11 is 5.79. The second-order valence-electron chi connectivity index (χ2n) is 4.04. The smallest absolute Gasteiger partial charge is 0.216 e. The van der Waals surface area contributed by atoms with Crippen LogP contribution in [0.15, 0.2) is 42.5 Å². The molecule has 0 saturated heterocycles. The lowest BCUT2D eigenvalue weighted by molar-refractivity contribution is -0.354. The number of halogens is 1. The van der Waals surface area contributed by atoms with E-state index in [0.29, 0.717) is 27.8 Å². The molecule has 0 aliphatic rings. The van der Waals surface area contributed by atoms with E-state index in [1.54, 1.807) is 56.7 Å². The van der Waals surface area contributed by atoms with E-state index < -0.39 is 0 Å². The first-order valence-corrected chi connectivity index (χ1v) is 6.30. The highest BCUT2D eigenvalue weighted by Gasteiger charge is 2.08. The van der Waals surface area contributed by atoms with Gasteiger partial charge < -0.3 is 14.7 Å². The Labute approximate surface area is 122 Å². The number of ether oxygens (including phenoxy) is 2. The van der Waals surface area contributed by atoms with Gasteiger partial charge in [-0.25, -0.2) is 0 Å². The second kappa shape index (κ2) is 6.30. The van der Waals surface area contributed by atoms with Crippen molar-refractivity contribution in [1.29, 1.82) is 0 Å². The summed E-state index contributed by atoms with van der Waals surface area (Å²) in [6, 6.07) is 11.9. The molecule has 5 heteroatoms. The van der Waals surface area contributed by atoms with Gasteiger partial charge in [0.05, 0.1) is 19.8 Å². The molecule has 0 spiro atoms. The van der Waals surface area contributed by atoms with Gasteiger partial charge in [0.2, 0.25) is 5.69 Å². The molecule has 2 aromatic rings. The molecule has 0 saturated carbocycles. The topological polar surface area (TPSA) is 44.5 Å². The predicted octanol–water partition coefficient (Wildman–Crippen LogP) is 3.62. The Balaban J connectivity index is 2.36. The monoisotopic (exact) mass is 291 g/mol. The first-order valence-electron chi connectivity index (χ1n) is 5.93. The summed E-state index contributed by atoms with van der Waals surface area (Å²) in [7, 11) is 3.12. The van der Waals surface area contributed by atoms with Crippen molar-refractivity contribution in [2.24, 2.45) is 0 Å². The number of hydrogen-bond acceptors (Lipinski definition) is 3. The molecule has 0 aliphatic heterocycles. The standard InChI is InChI=1S/C15H14ClNO3/c1-19-14-8-3-11(15(9-14)20-2)10-17(18)13-6-4-12(16)5-7-13/h3-10H,1-2H3. The van der Waals surface area contributed by atoms with Crippen LogP contribution in [0.4, 0.5) is 5.69 Å². The molecule has 0 radical (unpaired) electrons. The molecule has 0 amide bonds. The molecule has 2 rings (SSSR count). The van der Waals surface area contributed by atoms with Gasteiger partial charge in [0.15, 0.2) is 6.21 Å². The van der Waals surface area contributed by atoms with Gasteiger partial charge in [0.1, 0.15) is 11.5 Å². The molecule has 0 fully saturated rings. The van der Waals surface area contributed by atoms with E-state index >= 15 is 0 Å². The Kier molecular flexibility index (Phi) is 4.48. The van der Waals surface area contributed by atoms with Gasteiger partial charge in [-0.15, -0.1) is 0 Å². The summed E-state index contributed by atoms with van der Waals surface area (Å²) in [6.07, 6.45) is 1.45. The molecule has 0 bridgehead atoms. The summed E-state index contributed by atoms with van der Waals surface area (Å²) in [5.41, 5.74) is 1.16. The minimum absolute atomic E-state index is 0.493. The summed E-state index contributed by atoms with van der Waals surface area (Å²) in [6.45, 7) is 0. The molecule has 104 valence electrons. The van der Waals surface area contributed by atoms with Crippen LogP contribution in [0.5, 0.6) is 11.5 Å². The van der Waals surface area contributed by atoms with Crippen LogP contribution >= 0.6 is 11.6 Å². The van der Waals surface area contributed by atoms with Crippen LogP contribution in [-0.2, 0) is 0 Å². The maximum Gasteiger partial charge on any atom is 0.216 e. The maximum atomic E-state index is 12.1. The zero-order chi connectivity index (χ0) is 14.5. The van der Waals surface area contributed by atoms with E-state index in [1.807, 2.05) is 0 Å². The van der Waals surface area contributed by atoms with Gasteiger partial charge in [0, 0.05) is 23.2 Å². The summed E-state index contributed by atoms with van der Waals surface area (Å²) in [4.78, 5) is 0. The van der Waals surface area contributed by atoms with E-state index in [2.05, 4.69) is 0 Å². The highest BCUT2D eigenvalue weighted by molar-refractivity contribution is 6.30. The van der Waals surface area contributed by atoms with Crippen molar-refractivity contribution in [1.82, 2.24) is 0 Å². The maximum absolute atomic E-state index is 12.1. The molecule has 0 N–H and O–H groups in total. The number of methoxy groups -OCH3 is 2. The van der Waals surface area contributed by atoms with Crippen molar-refractivity contribution in [3.05, 3.63) is 58.3 Å². The van der Waals surface area contributed by atoms with Crippen molar-refractivity contribution in [3.8, 4) is 11.5 Å². The highest BCUT2D eigenvalue weighted by atomic mass is 35.5. The normalized spacial score (nSPS) is 11.2. The van der Waals surface area contributed by atoms with Crippen molar-refractivity contribution in [2.45, 2.75) is 0 Å². The minimum Gasteiger partial charge on any atom is -0.618 e. The van der Waals surface area contributed by atoms with Crippen molar-refractivity contribution < 1.29 is 14.2 Å². The highest BCUT2D eigenvalue weighted by Crippen LogP contribution is 2.24. The van der Waals surface area contributed by atoms with Crippen LogP contribution in [0.1, 0.15) is 5.56 Å². The number of rotatable bonds is 4. The first kappa shape index (κ1) is 14.2. The Morgan fingerprint density at radius 3 is 2.35 bits per heavy atom. The molecule has 0 unspecified atom stereocenters. The van der Waals surface area contributed by atoms with Crippen molar-refractivity contribution >= 4 is 23.5 Å². The zero-order valence-corrected chi connectivity index (χ0v) is 11.9. The quantitative estimate of drug-likeness (QED) is 0.374. The molecular formula is C15H14ClNO3. The lowest BCUT2D eigenvalue weighted by Crippen LogP contribution is -2.01. The summed E-state index contributed by atoms with van der Waals surface area (Å²) in [5.74, 6) is 1.24. The largest absolute Gasteiger partial charge is 0.618 e. The van der Waals surface area contributed by atoms with E-state index in [0.717, 1.165) is 4.74 Å². The fourth-order valence-electron chi connectivity index (χ4n) is 1.71. The molecule has 0 aliphatic carbocycles. The average molecular weight is 292 g/mol. The fraction of sp³-hybridized carbons (Fsp3) is 0.133. The lowest BCUT2D eigenvalue weighted by atomic mass is 10.2. The van der Waals surface area contributed by atoms with E-state index in [4.69, 9.17) is 21.1 Å². The lowest BCUT2D eigenvalue weighted by Gasteiger charge is -2.08. The Morgan fingerprint density at radius 1 is 1.05 bits per heavy atom. The van der Waals surface area contributed by atoms with Crippen LogP contribution in [0.25, 0.3) is 0 Å². The van der Waals surface area contributed by atoms with Crippen LogP contribution in [0.2, 0.25) is 5.02 Å². The molecular weight excluding hydrogens is 278 g/mol. The Hall–Kier alpha value is -2.20. The van der Waals surface area contributed by atoms with Gasteiger partial charge in [0.25, 0.3) is 0 Å².